The van der Waals surface area contributed by atoms with Crippen LogP contribution in [0.25, 0.3) is 22.0 Å². The third-order valence-corrected chi connectivity index (χ3v) is 4.17. The van der Waals surface area contributed by atoms with Crippen LogP contribution < -0.4 is 0 Å². The van der Waals surface area contributed by atoms with Crippen molar-refractivity contribution >= 4 is 34.6 Å². The van der Waals surface area contributed by atoms with Crippen molar-refractivity contribution in [2.75, 3.05) is 0 Å². The van der Waals surface area contributed by atoms with E-state index < -0.39 is 0 Å². The Balaban J connectivity index is 2.34. The Bertz CT molecular complexity index is 819. The van der Waals surface area contributed by atoms with Crippen LogP contribution in [0.2, 0.25) is 5.02 Å². The summed E-state index contributed by atoms with van der Waals surface area (Å²) in [5, 5.41) is 3.05. The largest absolute Gasteiger partial charge is 0.332 e. The van der Waals surface area contributed by atoms with Gasteiger partial charge in [-0.05, 0) is 36.1 Å². The summed E-state index contributed by atoms with van der Waals surface area (Å²) in [6.45, 7) is 2.96. The van der Waals surface area contributed by atoms with Crippen LogP contribution in [0.5, 0.6) is 0 Å². The number of aromatic nitrogens is 1. The van der Waals surface area contributed by atoms with Crippen LogP contribution in [0.1, 0.15) is 6.92 Å². The van der Waals surface area contributed by atoms with Gasteiger partial charge in [0.2, 0.25) is 0 Å². The van der Waals surface area contributed by atoms with E-state index in [9.17, 15) is 0 Å². The maximum absolute atomic E-state index is 5.97. The molecule has 0 fully saturated rings. The molecule has 0 spiro atoms. The van der Waals surface area contributed by atoms with E-state index in [1.54, 1.807) is 0 Å². The Hall–Kier alpha value is -1.64. The lowest BCUT2D eigenvalue weighted by Gasteiger charge is -2.14. The lowest BCUT2D eigenvalue weighted by molar-refractivity contribution is 0.760. The summed E-state index contributed by atoms with van der Waals surface area (Å²) in [4.78, 5) is 0. The molecule has 20 heavy (non-hydrogen) atoms. The van der Waals surface area contributed by atoms with E-state index in [0.29, 0.717) is 0 Å². The summed E-state index contributed by atoms with van der Waals surface area (Å²) in [5.74, 6) is 0. The van der Waals surface area contributed by atoms with Crippen LogP contribution in [0.3, 0.4) is 0 Å². The number of rotatable bonds is 2. The predicted molar refractivity (Wildman–Crippen MR) is 88.9 cm³/mol. The molecule has 0 amide bonds. The quantitative estimate of drug-likeness (QED) is 0.549. The van der Waals surface area contributed by atoms with Gasteiger partial charge in [0, 0.05) is 22.6 Å². The molecule has 0 unspecified atom stereocenters. The van der Waals surface area contributed by atoms with Gasteiger partial charge in [0.15, 0.2) is 0 Å². The van der Waals surface area contributed by atoms with Crippen LogP contribution in [0, 0.1) is 4.64 Å². The number of nitrogens with zero attached hydrogens (tertiary/aromatic N) is 1. The van der Waals surface area contributed by atoms with Crippen LogP contribution in [-0.2, 0) is 6.54 Å². The minimum absolute atomic E-state index is 0.746. The average molecular weight is 300 g/mol. The average Bonchev–Trinajstić information content (AvgIpc) is 2.48. The smallest absolute Gasteiger partial charge is 0.114 e. The fraction of sp³-hybridized carbons (Fsp3) is 0.118. The second-order valence-corrected chi connectivity index (χ2v) is 5.50. The summed E-state index contributed by atoms with van der Waals surface area (Å²) >= 11 is 11.6. The lowest BCUT2D eigenvalue weighted by Crippen LogP contribution is -2.02. The molecule has 2 aromatic carbocycles. The first-order valence-electron chi connectivity index (χ1n) is 6.59. The first-order valence-corrected chi connectivity index (χ1v) is 7.38. The second-order valence-electron chi connectivity index (χ2n) is 4.67. The normalized spacial score (nSPS) is 10.9. The predicted octanol–water partition coefficient (Wildman–Crippen LogP) is 5.71. The lowest BCUT2D eigenvalue weighted by atomic mass is 10.1. The van der Waals surface area contributed by atoms with Gasteiger partial charge in [-0.1, -0.05) is 60.2 Å². The van der Waals surface area contributed by atoms with Crippen LogP contribution in [0.15, 0.2) is 54.6 Å². The zero-order valence-electron chi connectivity index (χ0n) is 11.1. The molecule has 1 nitrogen and oxygen atoms in total. The molecule has 0 saturated heterocycles. The molecule has 1 aromatic heterocycles. The molecule has 0 aliphatic rings. The maximum Gasteiger partial charge on any atom is 0.114 e. The molecule has 0 N–H and O–H groups in total. The third-order valence-electron chi connectivity index (χ3n) is 3.48. The van der Waals surface area contributed by atoms with Gasteiger partial charge in [-0.3, -0.25) is 0 Å². The molecule has 0 aliphatic carbocycles. The van der Waals surface area contributed by atoms with Crippen LogP contribution in [-0.4, -0.2) is 4.57 Å². The standard InChI is InChI=1S/C17H14ClNS/c1-2-19-16(12-7-9-14(18)10-8-12)11-13-5-3-4-6-15(13)17(19)20/h3-11H,2H2,1H3. The fourth-order valence-electron chi connectivity index (χ4n) is 2.47. The Morgan fingerprint density at radius 2 is 1.75 bits per heavy atom. The van der Waals surface area contributed by atoms with Gasteiger partial charge in [-0.2, -0.15) is 0 Å². The van der Waals surface area contributed by atoms with Crippen molar-refractivity contribution < 1.29 is 0 Å². The molecular weight excluding hydrogens is 286 g/mol. The number of hydrogen-bond acceptors (Lipinski definition) is 1. The topological polar surface area (TPSA) is 4.93 Å². The van der Waals surface area contributed by atoms with Crippen molar-refractivity contribution in [1.29, 1.82) is 0 Å². The summed E-state index contributed by atoms with van der Waals surface area (Å²) < 4.78 is 3.05. The Labute approximate surface area is 128 Å². The molecule has 0 radical (unpaired) electrons. The van der Waals surface area contributed by atoms with Crippen LogP contribution in [0.4, 0.5) is 0 Å². The third kappa shape index (κ3) is 2.26. The van der Waals surface area contributed by atoms with Crippen molar-refractivity contribution in [3.63, 3.8) is 0 Å². The summed E-state index contributed by atoms with van der Waals surface area (Å²) in [6, 6.07) is 18.3. The molecular formula is C17H14ClNS. The van der Waals surface area contributed by atoms with E-state index >= 15 is 0 Å². The Morgan fingerprint density at radius 3 is 2.45 bits per heavy atom. The molecule has 0 atom stereocenters. The number of halogens is 1. The second kappa shape index (κ2) is 5.39. The van der Waals surface area contributed by atoms with Crippen molar-refractivity contribution in [3.05, 3.63) is 64.3 Å². The van der Waals surface area contributed by atoms with Gasteiger partial charge >= 0.3 is 0 Å². The SMILES string of the molecule is CCn1c(-c2ccc(Cl)cc2)cc2ccccc2c1=S. The van der Waals surface area contributed by atoms with Crippen molar-refractivity contribution in [2.24, 2.45) is 0 Å². The first kappa shape index (κ1) is 13.3. The Kier molecular flexibility index (Phi) is 3.60. The van der Waals surface area contributed by atoms with E-state index in [2.05, 4.69) is 29.7 Å². The maximum atomic E-state index is 5.97. The summed E-state index contributed by atoms with van der Waals surface area (Å²) in [5.41, 5.74) is 2.26. The van der Waals surface area contributed by atoms with E-state index in [1.165, 1.54) is 5.39 Å². The highest BCUT2D eigenvalue weighted by Gasteiger charge is 2.07. The number of fused-ring (bicyclic) bond motifs is 1. The van der Waals surface area contributed by atoms with Crippen molar-refractivity contribution in [1.82, 2.24) is 4.57 Å². The minimum Gasteiger partial charge on any atom is -0.332 e. The fourth-order valence-corrected chi connectivity index (χ4v) is 3.01. The number of pyridine rings is 1. The van der Waals surface area contributed by atoms with E-state index in [1.807, 2.05) is 36.4 Å². The molecule has 3 heteroatoms. The highest BCUT2D eigenvalue weighted by atomic mass is 35.5. The van der Waals surface area contributed by atoms with Gasteiger partial charge in [0.05, 0.1) is 0 Å². The molecule has 3 aromatic rings. The van der Waals surface area contributed by atoms with E-state index in [0.717, 1.165) is 32.9 Å². The van der Waals surface area contributed by atoms with Crippen LogP contribution >= 0.6 is 23.8 Å². The van der Waals surface area contributed by atoms with Gasteiger partial charge < -0.3 is 4.57 Å². The minimum atomic E-state index is 0.746. The molecule has 0 bridgehead atoms. The molecule has 0 aliphatic heterocycles. The number of benzene rings is 2. The van der Waals surface area contributed by atoms with Crippen molar-refractivity contribution in [3.8, 4) is 11.3 Å². The van der Waals surface area contributed by atoms with Gasteiger partial charge in [0.25, 0.3) is 0 Å². The van der Waals surface area contributed by atoms with Crippen molar-refractivity contribution in [2.45, 2.75) is 13.5 Å². The van der Waals surface area contributed by atoms with Gasteiger partial charge in [-0.15, -0.1) is 0 Å². The molecule has 3 rings (SSSR count). The van der Waals surface area contributed by atoms with Gasteiger partial charge in [0.1, 0.15) is 4.64 Å². The monoisotopic (exact) mass is 299 g/mol. The van der Waals surface area contributed by atoms with Gasteiger partial charge in [-0.25, -0.2) is 0 Å². The first-order chi connectivity index (χ1) is 9.70. The molecule has 0 saturated carbocycles. The van der Waals surface area contributed by atoms with E-state index in [-0.39, 0.29) is 0 Å². The zero-order valence-corrected chi connectivity index (χ0v) is 12.7. The number of hydrogen-bond donors (Lipinski definition) is 0. The highest BCUT2D eigenvalue weighted by Crippen LogP contribution is 2.27. The highest BCUT2D eigenvalue weighted by molar-refractivity contribution is 7.71. The zero-order chi connectivity index (χ0) is 14.1. The summed E-state index contributed by atoms with van der Waals surface area (Å²) in [7, 11) is 0. The molecule has 1 heterocycles. The van der Waals surface area contributed by atoms with E-state index in [4.69, 9.17) is 23.8 Å². The molecule has 100 valence electrons. The Morgan fingerprint density at radius 1 is 1.05 bits per heavy atom. The summed E-state index contributed by atoms with van der Waals surface area (Å²) in [6.07, 6.45) is 0.